The zero-order valence-electron chi connectivity index (χ0n) is 18.0. The lowest BCUT2D eigenvalue weighted by Crippen LogP contribution is -2.16. The van der Waals surface area contributed by atoms with Crippen LogP contribution in [0.25, 0.3) is 22.9 Å². The molecule has 0 aliphatic carbocycles. The molecule has 0 bridgehead atoms. The van der Waals surface area contributed by atoms with E-state index in [4.69, 9.17) is 19.2 Å². The summed E-state index contributed by atoms with van der Waals surface area (Å²) in [6.07, 6.45) is 6.82. The Morgan fingerprint density at radius 1 is 0.941 bits per heavy atom. The van der Waals surface area contributed by atoms with Crippen LogP contribution >= 0.6 is 0 Å². The Morgan fingerprint density at radius 3 is 2.65 bits per heavy atom. The fraction of sp³-hybridized carbons (Fsp3) is 0.0800. The highest BCUT2D eigenvalue weighted by molar-refractivity contribution is 5.67. The number of rotatable bonds is 3. The molecule has 6 heterocycles. The van der Waals surface area contributed by atoms with Gasteiger partial charge in [-0.2, -0.15) is 5.10 Å². The van der Waals surface area contributed by atoms with Crippen LogP contribution < -0.4 is 4.74 Å². The fourth-order valence-electron chi connectivity index (χ4n) is 4.51. The molecule has 34 heavy (non-hydrogen) atoms. The minimum Gasteiger partial charge on any atom is -0.461 e. The minimum atomic E-state index is -0.241. The summed E-state index contributed by atoms with van der Waals surface area (Å²) < 4.78 is 15.4. The van der Waals surface area contributed by atoms with Gasteiger partial charge >= 0.3 is 0 Å². The van der Waals surface area contributed by atoms with E-state index in [0.29, 0.717) is 29.0 Å². The van der Waals surface area contributed by atoms with Crippen LogP contribution in [0.3, 0.4) is 0 Å². The van der Waals surface area contributed by atoms with Crippen molar-refractivity contribution >= 4 is 5.65 Å². The van der Waals surface area contributed by atoms with E-state index in [9.17, 15) is 0 Å². The standard InChI is InChI=1S/C25H17N7O2/c1-15-19-20(16-7-5-11-26-13-16)21-23-28-22(18-10-6-12-33-18)30-31(23)14-27-24(21)34-25(19)32(29-15)17-8-3-2-4-9-17/h2-14,20H,1H3/t20-/m1/s1. The summed E-state index contributed by atoms with van der Waals surface area (Å²) in [6, 6.07) is 17.5. The van der Waals surface area contributed by atoms with Crippen molar-refractivity contribution in [3.8, 4) is 29.0 Å². The third kappa shape index (κ3) is 2.70. The van der Waals surface area contributed by atoms with Crippen LogP contribution in [0, 0.1) is 6.92 Å². The van der Waals surface area contributed by atoms with Crippen molar-refractivity contribution in [2.45, 2.75) is 12.8 Å². The predicted octanol–water partition coefficient (Wildman–Crippen LogP) is 4.56. The lowest BCUT2D eigenvalue weighted by Gasteiger charge is -2.26. The molecule has 0 saturated carbocycles. The van der Waals surface area contributed by atoms with Gasteiger partial charge in [-0.1, -0.05) is 24.3 Å². The molecular formula is C25H17N7O2. The van der Waals surface area contributed by atoms with Crippen LogP contribution in [0.15, 0.2) is 84.0 Å². The normalized spacial score (nSPS) is 14.6. The Morgan fingerprint density at radius 2 is 1.85 bits per heavy atom. The number of hydrogen-bond donors (Lipinski definition) is 0. The summed E-state index contributed by atoms with van der Waals surface area (Å²) in [4.78, 5) is 13.8. The summed E-state index contributed by atoms with van der Waals surface area (Å²) in [5, 5.41) is 9.41. The second-order valence-corrected chi connectivity index (χ2v) is 8.02. The van der Waals surface area contributed by atoms with Crippen LogP contribution in [0.4, 0.5) is 0 Å². The van der Waals surface area contributed by atoms with Gasteiger partial charge in [0.05, 0.1) is 34.7 Å². The Labute approximate surface area is 193 Å². The topological polar surface area (TPSA) is 96.2 Å². The van der Waals surface area contributed by atoms with Crippen molar-refractivity contribution in [1.82, 2.24) is 34.3 Å². The van der Waals surface area contributed by atoms with Gasteiger partial charge < -0.3 is 9.15 Å². The molecule has 6 aromatic rings. The van der Waals surface area contributed by atoms with E-state index < -0.39 is 0 Å². The monoisotopic (exact) mass is 447 g/mol. The van der Waals surface area contributed by atoms with Gasteiger partial charge in [-0.25, -0.2) is 19.2 Å². The number of ether oxygens (including phenoxy) is 1. The van der Waals surface area contributed by atoms with Crippen LogP contribution in [-0.2, 0) is 0 Å². The van der Waals surface area contributed by atoms with Crippen LogP contribution in [0.1, 0.15) is 28.3 Å². The summed E-state index contributed by atoms with van der Waals surface area (Å²) in [5.74, 6) is 1.92. The molecule has 0 unspecified atom stereocenters. The molecule has 0 amide bonds. The lowest BCUT2D eigenvalue weighted by atomic mass is 9.85. The van der Waals surface area contributed by atoms with Gasteiger partial charge in [0, 0.05) is 12.4 Å². The van der Waals surface area contributed by atoms with E-state index >= 15 is 0 Å². The van der Waals surface area contributed by atoms with E-state index in [-0.39, 0.29) is 5.92 Å². The molecule has 0 spiro atoms. The minimum absolute atomic E-state index is 0.241. The second kappa shape index (κ2) is 7.11. The van der Waals surface area contributed by atoms with Gasteiger partial charge in [0.25, 0.3) is 0 Å². The van der Waals surface area contributed by atoms with Crippen molar-refractivity contribution < 1.29 is 9.15 Å². The summed E-state index contributed by atoms with van der Waals surface area (Å²) in [5.41, 5.74) is 5.14. The molecule has 1 aromatic carbocycles. The molecule has 9 heteroatoms. The molecule has 9 nitrogen and oxygen atoms in total. The van der Waals surface area contributed by atoms with E-state index in [1.165, 1.54) is 0 Å². The maximum Gasteiger partial charge on any atom is 0.230 e. The van der Waals surface area contributed by atoms with Crippen molar-refractivity contribution in [3.05, 3.63) is 102 Å². The van der Waals surface area contributed by atoms with Crippen molar-refractivity contribution in [3.63, 3.8) is 0 Å². The van der Waals surface area contributed by atoms with Gasteiger partial charge in [-0.15, -0.1) is 5.10 Å². The van der Waals surface area contributed by atoms with Gasteiger partial charge in [-0.3, -0.25) is 4.98 Å². The number of nitrogens with zero attached hydrogens (tertiary/aromatic N) is 7. The van der Waals surface area contributed by atoms with Gasteiger partial charge in [-0.05, 0) is 42.8 Å². The number of furan rings is 1. The first-order valence-corrected chi connectivity index (χ1v) is 10.8. The maximum atomic E-state index is 6.41. The average molecular weight is 447 g/mol. The number of para-hydroxylation sites is 1. The Bertz CT molecular complexity index is 1640. The molecule has 7 rings (SSSR count). The highest BCUT2D eigenvalue weighted by atomic mass is 16.5. The zero-order valence-corrected chi connectivity index (χ0v) is 18.0. The molecule has 0 radical (unpaired) electrons. The SMILES string of the molecule is Cc1nn(-c2ccccc2)c2c1[C@@H](c1cccnc1)c1c(ncn3nc(-c4ccco4)nc13)O2. The highest BCUT2D eigenvalue weighted by Crippen LogP contribution is 2.49. The largest absolute Gasteiger partial charge is 0.461 e. The molecule has 1 atom stereocenters. The second-order valence-electron chi connectivity index (χ2n) is 8.02. The molecule has 0 N–H and O–H groups in total. The van der Waals surface area contributed by atoms with Gasteiger partial charge in [0.2, 0.25) is 17.6 Å². The lowest BCUT2D eigenvalue weighted by molar-refractivity contribution is 0.402. The third-order valence-corrected chi connectivity index (χ3v) is 5.98. The molecule has 164 valence electrons. The van der Waals surface area contributed by atoms with Crippen molar-refractivity contribution in [1.29, 1.82) is 0 Å². The Kier molecular flexibility index (Phi) is 3.92. The van der Waals surface area contributed by atoms with Crippen LogP contribution in [0.2, 0.25) is 0 Å². The number of benzene rings is 1. The molecule has 0 saturated heterocycles. The number of aryl methyl sites for hydroxylation is 1. The molecule has 1 aliphatic rings. The molecular weight excluding hydrogens is 430 g/mol. The number of fused-ring (bicyclic) bond motifs is 4. The summed E-state index contributed by atoms with van der Waals surface area (Å²) in [7, 11) is 0. The van der Waals surface area contributed by atoms with Crippen LogP contribution in [0.5, 0.6) is 11.8 Å². The first kappa shape index (κ1) is 18.8. The smallest absolute Gasteiger partial charge is 0.230 e. The first-order valence-electron chi connectivity index (χ1n) is 10.8. The number of hydrogen-bond acceptors (Lipinski definition) is 7. The van der Waals surface area contributed by atoms with Crippen molar-refractivity contribution in [2.75, 3.05) is 0 Å². The first-order chi connectivity index (χ1) is 16.8. The molecule has 0 fully saturated rings. The van der Waals surface area contributed by atoms with Crippen LogP contribution in [-0.4, -0.2) is 34.3 Å². The molecule has 5 aromatic heterocycles. The zero-order chi connectivity index (χ0) is 22.6. The van der Waals surface area contributed by atoms with Gasteiger partial charge in [0.15, 0.2) is 11.4 Å². The van der Waals surface area contributed by atoms with Gasteiger partial charge in [0.1, 0.15) is 6.33 Å². The third-order valence-electron chi connectivity index (χ3n) is 5.98. The Balaban J connectivity index is 1.51. The quantitative estimate of drug-likeness (QED) is 0.392. The average Bonchev–Trinajstić information content (AvgIpc) is 3.63. The van der Waals surface area contributed by atoms with E-state index in [1.807, 2.05) is 72.4 Å². The Hall–Kier alpha value is -4.79. The predicted molar refractivity (Wildman–Crippen MR) is 122 cm³/mol. The highest BCUT2D eigenvalue weighted by Gasteiger charge is 2.38. The fourth-order valence-corrected chi connectivity index (χ4v) is 4.51. The summed E-state index contributed by atoms with van der Waals surface area (Å²) in [6.45, 7) is 1.99. The number of aromatic nitrogens is 7. The van der Waals surface area contributed by atoms with E-state index in [2.05, 4.69) is 15.1 Å². The summed E-state index contributed by atoms with van der Waals surface area (Å²) >= 11 is 0. The number of pyridine rings is 1. The maximum absolute atomic E-state index is 6.41. The van der Waals surface area contributed by atoms with E-state index in [1.54, 1.807) is 23.3 Å². The molecule has 1 aliphatic heterocycles. The van der Waals surface area contributed by atoms with E-state index in [0.717, 1.165) is 28.1 Å². The van der Waals surface area contributed by atoms with Crippen molar-refractivity contribution in [2.24, 2.45) is 0 Å².